The van der Waals surface area contributed by atoms with Crippen molar-refractivity contribution < 1.29 is 41.2 Å². The van der Waals surface area contributed by atoms with Gasteiger partial charge in [-0.25, -0.2) is 0 Å². The molecule has 1 amide bonds. The van der Waals surface area contributed by atoms with Gasteiger partial charge in [0.15, 0.2) is 0 Å². The first-order valence-electron chi connectivity index (χ1n) is 6.83. The molecule has 2 aromatic rings. The van der Waals surface area contributed by atoms with Gasteiger partial charge in [0.05, 0.1) is 21.6 Å². The maximum absolute atomic E-state index is 13.0. The van der Waals surface area contributed by atoms with Crippen LogP contribution >= 0.6 is 0 Å². The van der Waals surface area contributed by atoms with E-state index in [2.05, 4.69) is 0 Å². The van der Waals surface area contributed by atoms with Crippen LogP contribution in [0.1, 0.15) is 21.5 Å². The lowest BCUT2D eigenvalue weighted by Gasteiger charge is -2.15. The van der Waals surface area contributed by atoms with Gasteiger partial charge in [-0.15, -0.1) is 0 Å². The van der Waals surface area contributed by atoms with Gasteiger partial charge in [-0.05, 0) is 23.8 Å². The Hall–Kier alpha value is -3.31. The number of aromatic hydroxyl groups is 1. The minimum atomic E-state index is -5.17. The molecule has 6 nitrogen and oxygen atoms in total. The van der Waals surface area contributed by atoms with E-state index in [1.807, 2.05) is 0 Å². The number of rotatable bonds is 3. The molecule has 0 radical (unpaired) electrons. The number of benzene rings is 2. The maximum atomic E-state index is 13.0. The van der Waals surface area contributed by atoms with E-state index in [1.165, 1.54) is 0 Å². The van der Waals surface area contributed by atoms with Crippen molar-refractivity contribution in [1.29, 1.82) is 0 Å². The van der Waals surface area contributed by atoms with Gasteiger partial charge in [-0.3, -0.25) is 14.9 Å². The van der Waals surface area contributed by atoms with Crippen molar-refractivity contribution in [2.24, 2.45) is 5.73 Å². The zero-order valence-electron chi connectivity index (χ0n) is 12.9. The van der Waals surface area contributed by atoms with Crippen LogP contribution in [0.15, 0.2) is 30.3 Å². The number of primary amides is 1. The highest BCUT2D eigenvalue weighted by Gasteiger charge is 2.37. The molecule has 27 heavy (non-hydrogen) atoms. The van der Waals surface area contributed by atoms with Crippen LogP contribution in [-0.2, 0) is 12.4 Å². The average molecular weight is 394 g/mol. The summed E-state index contributed by atoms with van der Waals surface area (Å²) in [7, 11) is 0. The second-order valence-electron chi connectivity index (χ2n) is 5.31. The van der Waals surface area contributed by atoms with E-state index in [4.69, 9.17) is 5.73 Å². The number of carbonyl (C=O) groups excluding carboxylic acids is 1. The summed E-state index contributed by atoms with van der Waals surface area (Å²) in [5.74, 6) is -2.44. The summed E-state index contributed by atoms with van der Waals surface area (Å²) in [6.07, 6.45) is -10.3. The van der Waals surface area contributed by atoms with E-state index in [9.17, 15) is 46.4 Å². The van der Waals surface area contributed by atoms with Crippen molar-refractivity contribution >= 4 is 11.6 Å². The van der Waals surface area contributed by atoms with Crippen molar-refractivity contribution in [2.45, 2.75) is 12.4 Å². The van der Waals surface area contributed by atoms with Gasteiger partial charge >= 0.3 is 12.4 Å². The predicted octanol–water partition coefficient (Wildman–Crippen LogP) is 4.10. The first-order valence-corrected chi connectivity index (χ1v) is 6.83. The Morgan fingerprint density at radius 1 is 0.963 bits per heavy atom. The molecule has 144 valence electrons. The van der Waals surface area contributed by atoms with Crippen LogP contribution in [0.4, 0.5) is 32.0 Å². The third-order valence-electron chi connectivity index (χ3n) is 3.47. The first kappa shape index (κ1) is 20.0. The lowest BCUT2D eigenvalue weighted by Crippen LogP contribution is -2.13. The summed E-state index contributed by atoms with van der Waals surface area (Å²) in [4.78, 5) is 21.2. The lowest BCUT2D eigenvalue weighted by atomic mass is 9.96. The topological polar surface area (TPSA) is 106 Å². The van der Waals surface area contributed by atoms with E-state index < -0.39 is 62.4 Å². The van der Waals surface area contributed by atoms with E-state index in [0.717, 1.165) is 0 Å². The molecule has 0 saturated carbocycles. The highest BCUT2D eigenvalue weighted by atomic mass is 19.4. The minimum absolute atomic E-state index is 0.146. The predicted molar refractivity (Wildman–Crippen MR) is 78.7 cm³/mol. The number of nitro groups is 1. The molecule has 12 heteroatoms. The Morgan fingerprint density at radius 3 is 1.81 bits per heavy atom. The summed E-state index contributed by atoms with van der Waals surface area (Å²) in [5, 5.41) is 21.0. The van der Waals surface area contributed by atoms with Gasteiger partial charge in [-0.1, -0.05) is 0 Å². The van der Waals surface area contributed by atoms with Crippen LogP contribution in [0, 0.1) is 10.1 Å². The highest BCUT2D eigenvalue weighted by Crippen LogP contribution is 2.42. The molecule has 0 aliphatic heterocycles. The molecule has 0 unspecified atom stereocenters. The molecule has 0 aromatic heterocycles. The van der Waals surface area contributed by atoms with Crippen LogP contribution in [-0.4, -0.2) is 15.9 Å². The quantitative estimate of drug-likeness (QED) is 0.464. The number of non-ortho nitro benzene ring substituents is 1. The standard InChI is InChI=1S/C15H8F6N2O4/c16-14(17,18)7-1-6(2-8(3-7)15(19,20)21)10-4-9(23(26)27)5-11(12(10)24)13(22)25/h1-5,24H,(H2,22,25). The van der Waals surface area contributed by atoms with Crippen molar-refractivity contribution in [3.05, 3.63) is 57.1 Å². The number of alkyl halides is 6. The van der Waals surface area contributed by atoms with Crippen molar-refractivity contribution in [1.82, 2.24) is 0 Å². The second kappa shape index (κ2) is 6.45. The van der Waals surface area contributed by atoms with Gasteiger partial charge in [0.1, 0.15) is 5.75 Å². The van der Waals surface area contributed by atoms with Gasteiger partial charge in [0, 0.05) is 17.7 Å². The first-order chi connectivity index (χ1) is 12.2. The molecule has 2 rings (SSSR count). The molecule has 0 aliphatic rings. The van der Waals surface area contributed by atoms with E-state index in [-0.39, 0.29) is 18.2 Å². The smallest absolute Gasteiger partial charge is 0.416 e. The number of phenols is 1. The molecular formula is C15H8F6N2O4. The Bertz CT molecular complexity index is 905. The number of amides is 1. The number of hydrogen-bond acceptors (Lipinski definition) is 4. The SMILES string of the molecule is NC(=O)c1cc([N+](=O)[O-])cc(-c2cc(C(F)(F)F)cc(C(F)(F)F)c2)c1O. The number of hydrogen-bond donors (Lipinski definition) is 2. The normalized spacial score (nSPS) is 12.1. The molecular weight excluding hydrogens is 386 g/mol. The van der Waals surface area contributed by atoms with Crippen LogP contribution in [0.3, 0.4) is 0 Å². The van der Waals surface area contributed by atoms with Gasteiger partial charge in [0.2, 0.25) is 0 Å². The molecule has 0 saturated heterocycles. The molecule has 0 aliphatic carbocycles. The Balaban J connectivity index is 2.88. The number of nitrogens with zero attached hydrogens (tertiary/aromatic N) is 1. The summed E-state index contributed by atoms with van der Waals surface area (Å²) in [6.45, 7) is 0. The summed E-state index contributed by atoms with van der Waals surface area (Å²) in [5.41, 5.74) is -1.75. The van der Waals surface area contributed by atoms with Crippen molar-refractivity contribution in [3.63, 3.8) is 0 Å². The van der Waals surface area contributed by atoms with Crippen LogP contribution in [0.2, 0.25) is 0 Å². The van der Waals surface area contributed by atoms with Crippen LogP contribution < -0.4 is 5.73 Å². The van der Waals surface area contributed by atoms with Crippen molar-refractivity contribution in [3.8, 4) is 16.9 Å². The summed E-state index contributed by atoms with van der Waals surface area (Å²) in [6, 6.07) is 1.47. The summed E-state index contributed by atoms with van der Waals surface area (Å²) < 4.78 is 77.7. The number of halogens is 6. The Kier molecular flexibility index (Phi) is 4.78. The van der Waals surface area contributed by atoms with Crippen LogP contribution in [0.5, 0.6) is 5.75 Å². The molecule has 3 N–H and O–H groups in total. The number of carbonyl (C=O) groups is 1. The third-order valence-corrected chi connectivity index (χ3v) is 3.47. The molecule has 2 aromatic carbocycles. The second-order valence-corrected chi connectivity index (χ2v) is 5.31. The van der Waals surface area contributed by atoms with Gasteiger partial charge in [0.25, 0.3) is 11.6 Å². The molecule has 0 bridgehead atoms. The molecule has 0 atom stereocenters. The Labute approximate surface area is 146 Å². The van der Waals surface area contributed by atoms with Gasteiger partial charge in [-0.2, -0.15) is 26.3 Å². The average Bonchev–Trinajstić information content (AvgIpc) is 2.52. The minimum Gasteiger partial charge on any atom is -0.506 e. The largest absolute Gasteiger partial charge is 0.506 e. The molecule has 0 heterocycles. The summed E-state index contributed by atoms with van der Waals surface area (Å²) >= 11 is 0. The fourth-order valence-corrected chi connectivity index (χ4v) is 2.24. The van der Waals surface area contributed by atoms with E-state index >= 15 is 0 Å². The van der Waals surface area contributed by atoms with E-state index in [0.29, 0.717) is 12.1 Å². The zero-order valence-corrected chi connectivity index (χ0v) is 12.9. The van der Waals surface area contributed by atoms with Crippen LogP contribution in [0.25, 0.3) is 11.1 Å². The van der Waals surface area contributed by atoms with Gasteiger partial charge < -0.3 is 10.8 Å². The molecule has 0 fully saturated rings. The maximum Gasteiger partial charge on any atom is 0.416 e. The van der Waals surface area contributed by atoms with E-state index in [1.54, 1.807) is 0 Å². The highest BCUT2D eigenvalue weighted by molar-refractivity contribution is 5.99. The zero-order chi connectivity index (χ0) is 20.7. The van der Waals surface area contributed by atoms with Crippen molar-refractivity contribution in [2.75, 3.05) is 0 Å². The monoisotopic (exact) mass is 394 g/mol. The number of nitrogens with two attached hydrogens (primary N) is 1. The Morgan fingerprint density at radius 2 is 1.44 bits per heavy atom. The lowest BCUT2D eigenvalue weighted by molar-refractivity contribution is -0.384. The third kappa shape index (κ3) is 4.10. The molecule has 0 spiro atoms. The number of nitro benzene ring substituents is 1. The fraction of sp³-hybridized carbons (Fsp3) is 0.133. The fourth-order valence-electron chi connectivity index (χ4n) is 2.24.